The maximum atomic E-state index is 5.44. The van der Waals surface area contributed by atoms with Gasteiger partial charge in [0.15, 0.2) is 5.82 Å². The molecular weight excluding hydrogens is 258 g/mol. The van der Waals surface area contributed by atoms with Gasteiger partial charge in [0.2, 0.25) is 5.89 Å². The summed E-state index contributed by atoms with van der Waals surface area (Å²) in [6, 6.07) is 4.49. The van der Waals surface area contributed by atoms with Gasteiger partial charge >= 0.3 is 0 Å². The van der Waals surface area contributed by atoms with E-state index in [0.717, 1.165) is 31.1 Å². The minimum Gasteiger partial charge on any atom is -0.339 e. The van der Waals surface area contributed by atoms with Crippen LogP contribution in [0.5, 0.6) is 0 Å². The summed E-state index contributed by atoms with van der Waals surface area (Å²) in [5.41, 5.74) is 0. The van der Waals surface area contributed by atoms with Crippen molar-refractivity contribution in [1.29, 1.82) is 0 Å². The Bertz CT molecular complexity index is 481. The van der Waals surface area contributed by atoms with Crippen molar-refractivity contribution in [2.24, 2.45) is 0 Å². The Balaban J connectivity index is 2.06. The standard InChI is InChI=1S/C14H21N3OS/c1-4-12(10(3)15-5-2)14-16-13(17-18-14)9-11-7-6-8-19-11/h6-8,10,12,15H,4-5,9H2,1-3H3. The second kappa shape index (κ2) is 6.82. The van der Waals surface area contributed by atoms with Crippen LogP contribution < -0.4 is 5.32 Å². The van der Waals surface area contributed by atoms with E-state index >= 15 is 0 Å². The zero-order chi connectivity index (χ0) is 13.7. The number of rotatable bonds is 7. The largest absolute Gasteiger partial charge is 0.339 e. The third-order valence-corrected chi connectivity index (χ3v) is 4.16. The molecule has 0 aromatic carbocycles. The molecule has 2 heterocycles. The topological polar surface area (TPSA) is 51.0 Å². The molecule has 2 unspecified atom stereocenters. The zero-order valence-corrected chi connectivity index (χ0v) is 12.5. The van der Waals surface area contributed by atoms with E-state index in [1.807, 2.05) is 6.07 Å². The molecule has 0 saturated carbocycles. The second-order valence-corrected chi connectivity index (χ2v) is 5.70. The Morgan fingerprint density at radius 3 is 2.89 bits per heavy atom. The summed E-state index contributed by atoms with van der Waals surface area (Å²) in [6.07, 6.45) is 1.75. The van der Waals surface area contributed by atoms with Crippen molar-refractivity contribution in [3.8, 4) is 0 Å². The first-order valence-electron chi connectivity index (χ1n) is 6.82. The summed E-state index contributed by atoms with van der Waals surface area (Å²) in [7, 11) is 0. The molecule has 4 nitrogen and oxygen atoms in total. The van der Waals surface area contributed by atoms with Crippen molar-refractivity contribution in [2.45, 2.75) is 45.6 Å². The maximum Gasteiger partial charge on any atom is 0.231 e. The van der Waals surface area contributed by atoms with Crippen LogP contribution in [-0.2, 0) is 6.42 Å². The fourth-order valence-electron chi connectivity index (χ4n) is 2.27. The van der Waals surface area contributed by atoms with E-state index in [0.29, 0.717) is 6.04 Å². The molecule has 0 fully saturated rings. The Morgan fingerprint density at radius 2 is 2.26 bits per heavy atom. The molecule has 2 atom stereocenters. The van der Waals surface area contributed by atoms with E-state index in [1.54, 1.807) is 11.3 Å². The highest BCUT2D eigenvalue weighted by molar-refractivity contribution is 7.09. The van der Waals surface area contributed by atoms with Gasteiger partial charge in [-0.25, -0.2) is 0 Å². The van der Waals surface area contributed by atoms with Gasteiger partial charge < -0.3 is 9.84 Å². The molecular formula is C14H21N3OS. The quantitative estimate of drug-likeness (QED) is 0.845. The van der Waals surface area contributed by atoms with Crippen molar-refractivity contribution in [3.63, 3.8) is 0 Å². The Morgan fingerprint density at radius 1 is 1.42 bits per heavy atom. The van der Waals surface area contributed by atoms with Gasteiger partial charge in [-0.15, -0.1) is 11.3 Å². The molecule has 2 aromatic heterocycles. The molecule has 104 valence electrons. The van der Waals surface area contributed by atoms with Crippen molar-refractivity contribution in [1.82, 2.24) is 15.5 Å². The first kappa shape index (κ1) is 14.2. The van der Waals surface area contributed by atoms with Gasteiger partial charge in [-0.05, 0) is 31.3 Å². The van der Waals surface area contributed by atoms with Crippen LogP contribution in [0.4, 0.5) is 0 Å². The summed E-state index contributed by atoms with van der Waals surface area (Å²) < 4.78 is 5.44. The van der Waals surface area contributed by atoms with Crippen LogP contribution in [0.25, 0.3) is 0 Å². The Kier molecular flexibility index (Phi) is 5.10. The Labute approximate surface area is 118 Å². The third-order valence-electron chi connectivity index (χ3n) is 3.28. The summed E-state index contributed by atoms with van der Waals surface area (Å²) in [5.74, 6) is 1.81. The maximum absolute atomic E-state index is 5.44. The fraction of sp³-hybridized carbons (Fsp3) is 0.571. The third kappa shape index (κ3) is 3.64. The first-order valence-corrected chi connectivity index (χ1v) is 7.70. The van der Waals surface area contributed by atoms with Crippen molar-refractivity contribution < 1.29 is 4.52 Å². The van der Waals surface area contributed by atoms with Gasteiger partial charge in [0.05, 0.1) is 5.92 Å². The molecule has 0 aliphatic carbocycles. The predicted molar refractivity (Wildman–Crippen MR) is 77.6 cm³/mol. The molecule has 0 radical (unpaired) electrons. The van der Waals surface area contributed by atoms with Gasteiger partial charge in [0.25, 0.3) is 0 Å². The van der Waals surface area contributed by atoms with Crippen LogP contribution >= 0.6 is 11.3 Å². The van der Waals surface area contributed by atoms with Crippen molar-refractivity contribution >= 4 is 11.3 Å². The van der Waals surface area contributed by atoms with Crippen molar-refractivity contribution in [3.05, 3.63) is 34.1 Å². The molecule has 0 aliphatic rings. The SMILES string of the molecule is CCNC(C)C(CC)c1nc(Cc2cccs2)no1. The van der Waals surface area contributed by atoms with E-state index < -0.39 is 0 Å². The zero-order valence-electron chi connectivity index (χ0n) is 11.7. The smallest absolute Gasteiger partial charge is 0.231 e. The fourth-order valence-corrected chi connectivity index (χ4v) is 2.97. The molecule has 1 N–H and O–H groups in total. The number of hydrogen-bond donors (Lipinski definition) is 1. The number of hydrogen-bond acceptors (Lipinski definition) is 5. The van der Waals surface area contributed by atoms with Crippen LogP contribution in [-0.4, -0.2) is 22.7 Å². The molecule has 5 heteroatoms. The van der Waals surface area contributed by atoms with E-state index in [1.165, 1.54) is 4.88 Å². The van der Waals surface area contributed by atoms with Gasteiger partial charge in [0.1, 0.15) is 0 Å². The molecule has 2 rings (SSSR count). The number of likely N-dealkylation sites (N-methyl/N-ethyl adjacent to an activating group) is 1. The Hall–Kier alpha value is -1.20. The van der Waals surface area contributed by atoms with Crippen LogP contribution in [0.3, 0.4) is 0 Å². The highest BCUT2D eigenvalue weighted by Gasteiger charge is 2.23. The van der Waals surface area contributed by atoms with Gasteiger partial charge in [-0.3, -0.25) is 0 Å². The van der Waals surface area contributed by atoms with Crippen LogP contribution in [0.2, 0.25) is 0 Å². The second-order valence-electron chi connectivity index (χ2n) is 4.67. The lowest BCUT2D eigenvalue weighted by atomic mass is 9.98. The van der Waals surface area contributed by atoms with Gasteiger partial charge in [-0.2, -0.15) is 4.98 Å². The van der Waals surface area contributed by atoms with E-state index in [4.69, 9.17) is 4.52 Å². The van der Waals surface area contributed by atoms with Crippen LogP contribution in [0.1, 0.15) is 49.7 Å². The van der Waals surface area contributed by atoms with Crippen LogP contribution in [0, 0.1) is 0 Å². The van der Waals surface area contributed by atoms with Gasteiger partial charge in [0, 0.05) is 17.3 Å². The molecule has 0 saturated heterocycles. The monoisotopic (exact) mass is 279 g/mol. The van der Waals surface area contributed by atoms with Crippen molar-refractivity contribution in [2.75, 3.05) is 6.54 Å². The molecule has 2 aromatic rings. The summed E-state index contributed by atoms with van der Waals surface area (Å²) >= 11 is 1.72. The predicted octanol–water partition coefficient (Wildman–Crippen LogP) is 3.21. The lowest BCUT2D eigenvalue weighted by Crippen LogP contribution is -2.31. The van der Waals surface area contributed by atoms with E-state index in [2.05, 4.69) is 47.7 Å². The average Bonchev–Trinajstić information content (AvgIpc) is 3.03. The average molecular weight is 279 g/mol. The van der Waals surface area contributed by atoms with E-state index in [-0.39, 0.29) is 5.92 Å². The number of nitrogens with zero attached hydrogens (tertiary/aromatic N) is 2. The number of nitrogens with one attached hydrogen (secondary N) is 1. The molecule has 0 amide bonds. The first-order chi connectivity index (χ1) is 9.24. The van der Waals surface area contributed by atoms with Gasteiger partial charge in [-0.1, -0.05) is 25.1 Å². The highest BCUT2D eigenvalue weighted by atomic mass is 32.1. The molecule has 19 heavy (non-hydrogen) atoms. The summed E-state index contributed by atoms with van der Waals surface area (Å²) in [6.45, 7) is 7.38. The number of thiophene rings is 1. The van der Waals surface area contributed by atoms with E-state index in [9.17, 15) is 0 Å². The summed E-state index contributed by atoms with van der Waals surface area (Å²) in [4.78, 5) is 5.81. The molecule has 0 aliphatic heterocycles. The molecule has 0 bridgehead atoms. The molecule has 0 spiro atoms. The summed E-state index contributed by atoms with van der Waals surface area (Å²) in [5, 5.41) is 9.59. The minimum absolute atomic E-state index is 0.282. The number of aromatic nitrogens is 2. The lowest BCUT2D eigenvalue weighted by molar-refractivity contribution is 0.316. The normalized spacial score (nSPS) is 14.5. The lowest BCUT2D eigenvalue weighted by Gasteiger charge is -2.19. The minimum atomic E-state index is 0.282. The van der Waals surface area contributed by atoms with Crippen LogP contribution in [0.15, 0.2) is 22.0 Å². The highest BCUT2D eigenvalue weighted by Crippen LogP contribution is 2.22.